The molecule has 2 aromatic heterocycles. The van der Waals surface area contributed by atoms with Gasteiger partial charge >= 0.3 is 0 Å². The van der Waals surface area contributed by atoms with E-state index in [0.717, 1.165) is 27.9 Å². The predicted octanol–water partition coefficient (Wildman–Crippen LogP) is 5.14. The molecule has 136 valence electrons. The second-order valence-electron chi connectivity index (χ2n) is 6.10. The van der Waals surface area contributed by atoms with Gasteiger partial charge in [-0.25, -0.2) is 0 Å². The van der Waals surface area contributed by atoms with Crippen molar-refractivity contribution < 1.29 is 9.15 Å². The maximum atomic E-state index is 5.57. The van der Waals surface area contributed by atoms with Crippen molar-refractivity contribution in [1.29, 1.82) is 0 Å². The predicted molar refractivity (Wildman–Crippen MR) is 106 cm³/mol. The van der Waals surface area contributed by atoms with E-state index >= 15 is 0 Å². The van der Waals surface area contributed by atoms with E-state index in [4.69, 9.17) is 9.15 Å². The minimum absolute atomic E-state index is 0.692. The number of aryl methyl sites for hydroxylation is 1. The van der Waals surface area contributed by atoms with E-state index in [1.54, 1.807) is 25.1 Å². The number of methoxy groups -OCH3 is 1. The van der Waals surface area contributed by atoms with Crippen molar-refractivity contribution in [2.45, 2.75) is 17.8 Å². The highest BCUT2D eigenvalue weighted by Gasteiger charge is 2.18. The molecule has 0 atom stereocenters. The van der Waals surface area contributed by atoms with E-state index in [1.807, 2.05) is 41.0 Å². The summed E-state index contributed by atoms with van der Waals surface area (Å²) in [6.07, 6.45) is 1.65. The molecule has 2 heterocycles. The van der Waals surface area contributed by atoms with Crippen LogP contribution < -0.4 is 4.74 Å². The molecule has 0 aliphatic carbocycles. The molecule has 0 spiro atoms. The molecular formula is C21H19N3O2S. The van der Waals surface area contributed by atoms with Gasteiger partial charge in [0, 0.05) is 5.75 Å². The van der Waals surface area contributed by atoms with Gasteiger partial charge in [-0.1, -0.05) is 36.0 Å². The lowest BCUT2D eigenvalue weighted by atomic mass is 10.2. The molecule has 2 aromatic carbocycles. The standard InChI is InChI=1S/C21H19N3O2S/c1-15-6-3-8-17(12-15)24-20(19-10-5-11-26-19)22-23-21(24)27-14-16-7-4-9-18(13-16)25-2/h3-13H,14H2,1-2H3. The Hall–Kier alpha value is -2.99. The number of hydrogen-bond donors (Lipinski definition) is 0. The number of ether oxygens (including phenoxy) is 1. The molecule has 5 nitrogen and oxygen atoms in total. The maximum absolute atomic E-state index is 5.57. The van der Waals surface area contributed by atoms with Crippen LogP contribution in [-0.4, -0.2) is 21.9 Å². The minimum Gasteiger partial charge on any atom is -0.497 e. The second-order valence-corrected chi connectivity index (χ2v) is 7.04. The normalized spacial score (nSPS) is 10.9. The zero-order valence-electron chi connectivity index (χ0n) is 15.1. The molecule has 0 bridgehead atoms. The van der Waals surface area contributed by atoms with E-state index in [1.165, 1.54) is 5.56 Å². The molecule has 0 aliphatic rings. The van der Waals surface area contributed by atoms with Gasteiger partial charge < -0.3 is 9.15 Å². The first-order chi connectivity index (χ1) is 13.2. The van der Waals surface area contributed by atoms with Crippen molar-refractivity contribution in [3.63, 3.8) is 0 Å². The molecule has 0 unspecified atom stereocenters. The van der Waals surface area contributed by atoms with Gasteiger partial charge in [0.2, 0.25) is 5.82 Å². The molecule has 0 radical (unpaired) electrons. The lowest BCUT2D eigenvalue weighted by molar-refractivity contribution is 0.414. The summed E-state index contributed by atoms with van der Waals surface area (Å²) in [7, 11) is 1.68. The largest absolute Gasteiger partial charge is 0.497 e. The van der Waals surface area contributed by atoms with Gasteiger partial charge in [0.05, 0.1) is 19.1 Å². The van der Waals surface area contributed by atoms with Gasteiger partial charge in [0.25, 0.3) is 0 Å². The summed E-state index contributed by atoms with van der Waals surface area (Å²) in [5.41, 5.74) is 3.35. The number of nitrogens with zero attached hydrogens (tertiary/aromatic N) is 3. The number of furan rings is 1. The van der Waals surface area contributed by atoms with Crippen molar-refractivity contribution in [3.05, 3.63) is 78.1 Å². The molecule has 0 saturated carbocycles. The summed E-state index contributed by atoms with van der Waals surface area (Å²) in [5.74, 6) is 3.00. The Morgan fingerprint density at radius 2 is 1.93 bits per heavy atom. The van der Waals surface area contributed by atoms with Crippen LogP contribution in [0.5, 0.6) is 5.75 Å². The van der Waals surface area contributed by atoms with Crippen LogP contribution in [0, 0.1) is 6.92 Å². The van der Waals surface area contributed by atoms with Crippen LogP contribution in [0.4, 0.5) is 0 Å². The van der Waals surface area contributed by atoms with Crippen LogP contribution in [0.15, 0.2) is 76.5 Å². The van der Waals surface area contributed by atoms with Crippen molar-refractivity contribution in [2.75, 3.05) is 7.11 Å². The second kappa shape index (κ2) is 7.72. The van der Waals surface area contributed by atoms with E-state index in [9.17, 15) is 0 Å². The summed E-state index contributed by atoms with van der Waals surface area (Å²) >= 11 is 1.63. The van der Waals surface area contributed by atoms with Crippen molar-refractivity contribution in [1.82, 2.24) is 14.8 Å². The molecule has 6 heteroatoms. The molecular weight excluding hydrogens is 358 g/mol. The highest BCUT2D eigenvalue weighted by atomic mass is 32.2. The van der Waals surface area contributed by atoms with Gasteiger partial charge in [-0.2, -0.15) is 0 Å². The Balaban J connectivity index is 1.70. The maximum Gasteiger partial charge on any atom is 0.205 e. The van der Waals surface area contributed by atoms with Gasteiger partial charge in [-0.05, 0) is 54.4 Å². The summed E-state index contributed by atoms with van der Waals surface area (Å²) in [6.45, 7) is 2.07. The van der Waals surface area contributed by atoms with Crippen LogP contribution in [0.3, 0.4) is 0 Å². The monoisotopic (exact) mass is 377 g/mol. The zero-order valence-corrected chi connectivity index (χ0v) is 15.9. The average Bonchev–Trinajstić information content (AvgIpc) is 3.36. The Kier molecular flexibility index (Phi) is 4.98. The Morgan fingerprint density at radius 3 is 2.70 bits per heavy atom. The molecule has 4 rings (SSSR count). The molecule has 4 aromatic rings. The minimum atomic E-state index is 0.692. The van der Waals surface area contributed by atoms with E-state index in [-0.39, 0.29) is 0 Å². The highest BCUT2D eigenvalue weighted by molar-refractivity contribution is 7.98. The fourth-order valence-corrected chi connectivity index (χ4v) is 3.73. The van der Waals surface area contributed by atoms with Crippen molar-refractivity contribution in [2.24, 2.45) is 0 Å². The third-order valence-corrected chi connectivity index (χ3v) is 5.14. The Bertz CT molecular complexity index is 1040. The number of thioether (sulfide) groups is 1. The fourth-order valence-electron chi connectivity index (χ4n) is 2.84. The van der Waals surface area contributed by atoms with Gasteiger partial charge in [0.1, 0.15) is 5.75 Å². The van der Waals surface area contributed by atoms with Crippen molar-refractivity contribution in [3.8, 4) is 23.0 Å². The molecule has 0 fully saturated rings. The highest BCUT2D eigenvalue weighted by Crippen LogP contribution is 2.30. The van der Waals surface area contributed by atoms with Gasteiger partial charge in [-0.15, -0.1) is 10.2 Å². The van der Waals surface area contributed by atoms with E-state index < -0.39 is 0 Å². The summed E-state index contributed by atoms with van der Waals surface area (Å²) < 4.78 is 12.9. The summed E-state index contributed by atoms with van der Waals surface area (Å²) in [6, 6.07) is 20.1. The summed E-state index contributed by atoms with van der Waals surface area (Å²) in [4.78, 5) is 0. The van der Waals surface area contributed by atoms with Crippen LogP contribution >= 0.6 is 11.8 Å². The SMILES string of the molecule is COc1cccc(CSc2nnc(-c3ccco3)n2-c2cccc(C)c2)c1. The number of aromatic nitrogens is 3. The van der Waals surface area contributed by atoms with E-state index in [0.29, 0.717) is 11.6 Å². The first-order valence-electron chi connectivity index (χ1n) is 8.56. The average molecular weight is 377 g/mol. The lowest BCUT2D eigenvalue weighted by Gasteiger charge is -2.10. The molecule has 0 amide bonds. The van der Waals surface area contributed by atoms with Gasteiger partial charge in [0.15, 0.2) is 10.9 Å². The van der Waals surface area contributed by atoms with Gasteiger partial charge in [-0.3, -0.25) is 4.57 Å². The van der Waals surface area contributed by atoms with Crippen LogP contribution in [0.2, 0.25) is 0 Å². The number of benzene rings is 2. The molecule has 27 heavy (non-hydrogen) atoms. The summed E-state index contributed by atoms with van der Waals surface area (Å²) in [5, 5.41) is 9.62. The number of hydrogen-bond acceptors (Lipinski definition) is 5. The fraction of sp³-hybridized carbons (Fsp3) is 0.143. The molecule has 0 N–H and O–H groups in total. The van der Waals surface area contributed by atoms with Crippen LogP contribution in [0.1, 0.15) is 11.1 Å². The Labute approximate surface area is 162 Å². The topological polar surface area (TPSA) is 53.1 Å². The Morgan fingerprint density at radius 1 is 1.04 bits per heavy atom. The first kappa shape index (κ1) is 17.4. The van der Waals surface area contributed by atoms with Crippen LogP contribution in [0.25, 0.3) is 17.3 Å². The first-order valence-corrected chi connectivity index (χ1v) is 9.55. The third-order valence-electron chi connectivity index (χ3n) is 4.14. The number of rotatable bonds is 6. The van der Waals surface area contributed by atoms with Crippen LogP contribution in [-0.2, 0) is 5.75 Å². The zero-order chi connectivity index (χ0) is 18.6. The quantitative estimate of drug-likeness (QED) is 0.436. The van der Waals surface area contributed by atoms with E-state index in [2.05, 4.69) is 41.4 Å². The van der Waals surface area contributed by atoms with Crippen molar-refractivity contribution >= 4 is 11.8 Å². The smallest absolute Gasteiger partial charge is 0.205 e. The molecule has 0 saturated heterocycles. The third kappa shape index (κ3) is 3.75. The molecule has 0 aliphatic heterocycles. The lowest BCUT2D eigenvalue weighted by Crippen LogP contribution is -1.99.